The van der Waals surface area contributed by atoms with Crippen LogP contribution in [0, 0.1) is 11.3 Å². The van der Waals surface area contributed by atoms with Crippen molar-refractivity contribution in [2.24, 2.45) is 21.2 Å². The molecule has 6 heteroatoms. The number of aromatic hydroxyl groups is 1. The second kappa shape index (κ2) is 4.57. The first kappa shape index (κ1) is 9.67. The van der Waals surface area contributed by atoms with Crippen LogP contribution in [-0.2, 0) is 0 Å². The van der Waals surface area contributed by atoms with Crippen LogP contribution in [0.3, 0.4) is 0 Å². The van der Waals surface area contributed by atoms with Gasteiger partial charge in [0.2, 0.25) is 0 Å². The molecule has 0 bridgehead atoms. The first-order valence-electron chi connectivity index (χ1n) is 3.65. The molecule has 70 valence electrons. The summed E-state index contributed by atoms with van der Waals surface area (Å²) >= 11 is 0. The summed E-state index contributed by atoms with van der Waals surface area (Å²) in [6, 6.07) is 7.96. The quantitative estimate of drug-likeness (QED) is 0.228. The van der Waals surface area contributed by atoms with Crippen molar-refractivity contribution in [2.45, 2.75) is 0 Å². The monoisotopic (exact) mass is 189 g/mol. The normalized spacial score (nSPS) is 11.5. The molecule has 0 spiro atoms. The molecule has 0 aromatic heterocycles. The highest BCUT2D eigenvalue weighted by molar-refractivity contribution is 5.96. The number of para-hydroxylation sites is 1. The second-order valence-corrected chi connectivity index (χ2v) is 2.25. The van der Waals surface area contributed by atoms with Crippen LogP contribution >= 0.6 is 0 Å². The molecule has 0 saturated carbocycles. The molecule has 14 heavy (non-hydrogen) atoms. The van der Waals surface area contributed by atoms with Gasteiger partial charge in [0.1, 0.15) is 17.5 Å². The maximum absolute atomic E-state index is 9.26. The van der Waals surface area contributed by atoms with Crippen molar-refractivity contribution in [3.05, 3.63) is 24.3 Å². The molecule has 6 nitrogen and oxygen atoms in total. The SMILES string of the molecule is N#CC(N=Nc1ccccc1O)=NN. The Morgan fingerprint density at radius 3 is 2.71 bits per heavy atom. The zero-order chi connectivity index (χ0) is 10.4. The fraction of sp³-hybridized carbons (Fsp3) is 0. The van der Waals surface area contributed by atoms with Gasteiger partial charge in [-0.25, -0.2) is 0 Å². The van der Waals surface area contributed by atoms with Gasteiger partial charge in [-0.15, -0.1) is 15.3 Å². The molecule has 0 aliphatic heterocycles. The molecular formula is C8H7N5O. The predicted molar refractivity (Wildman–Crippen MR) is 49.9 cm³/mol. The van der Waals surface area contributed by atoms with E-state index in [9.17, 15) is 5.11 Å². The van der Waals surface area contributed by atoms with Crippen molar-refractivity contribution < 1.29 is 5.11 Å². The van der Waals surface area contributed by atoms with Crippen LogP contribution in [0.5, 0.6) is 5.75 Å². The number of hydrogen-bond donors (Lipinski definition) is 2. The predicted octanol–water partition coefficient (Wildman–Crippen LogP) is 1.27. The van der Waals surface area contributed by atoms with Crippen molar-refractivity contribution in [1.29, 1.82) is 5.26 Å². The Hall–Kier alpha value is -2.42. The van der Waals surface area contributed by atoms with Gasteiger partial charge in [0.25, 0.3) is 5.84 Å². The first-order valence-corrected chi connectivity index (χ1v) is 3.65. The zero-order valence-corrected chi connectivity index (χ0v) is 7.12. The van der Waals surface area contributed by atoms with Crippen LogP contribution in [0.25, 0.3) is 0 Å². The summed E-state index contributed by atoms with van der Waals surface area (Å²) in [6.07, 6.45) is 0. The van der Waals surface area contributed by atoms with E-state index in [2.05, 4.69) is 15.3 Å². The number of hydrogen-bond acceptors (Lipinski definition) is 5. The van der Waals surface area contributed by atoms with Crippen molar-refractivity contribution in [1.82, 2.24) is 0 Å². The van der Waals surface area contributed by atoms with E-state index < -0.39 is 0 Å². The molecule has 0 atom stereocenters. The highest BCUT2D eigenvalue weighted by Gasteiger charge is 1.97. The molecule has 0 saturated heterocycles. The maximum atomic E-state index is 9.26. The van der Waals surface area contributed by atoms with E-state index in [1.807, 2.05) is 0 Å². The topological polar surface area (TPSA) is 107 Å². The largest absolute Gasteiger partial charge is 0.506 e. The third-order valence-electron chi connectivity index (χ3n) is 1.36. The average Bonchev–Trinajstić information content (AvgIpc) is 2.22. The molecule has 0 aliphatic carbocycles. The number of nitrogens with zero attached hydrogens (tertiary/aromatic N) is 4. The van der Waals surface area contributed by atoms with Crippen molar-refractivity contribution in [3.8, 4) is 11.8 Å². The van der Waals surface area contributed by atoms with E-state index in [1.54, 1.807) is 24.3 Å². The second-order valence-electron chi connectivity index (χ2n) is 2.25. The lowest BCUT2D eigenvalue weighted by Crippen LogP contribution is -1.92. The molecule has 0 amide bonds. The van der Waals surface area contributed by atoms with E-state index >= 15 is 0 Å². The fourth-order valence-corrected chi connectivity index (χ4v) is 0.727. The summed E-state index contributed by atoms with van der Waals surface area (Å²) in [4.78, 5) is 0. The molecule has 1 aromatic carbocycles. The Labute approximate surface area is 80.0 Å². The van der Waals surface area contributed by atoms with Crippen molar-refractivity contribution in [2.75, 3.05) is 0 Å². The van der Waals surface area contributed by atoms with Gasteiger partial charge in [0.15, 0.2) is 0 Å². The molecule has 0 heterocycles. The minimum atomic E-state index is -0.256. The third-order valence-corrected chi connectivity index (χ3v) is 1.36. The molecule has 0 fully saturated rings. The summed E-state index contributed by atoms with van der Waals surface area (Å²) < 4.78 is 0. The minimum Gasteiger partial charge on any atom is -0.506 e. The van der Waals surface area contributed by atoms with Gasteiger partial charge in [-0.1, -0.05) is 12.1 Å². The van der Waals surface area contributed by atoms with Crippen LogP contribution in [0.2, 0.25) is 0 Å². The van der Waals surface area contributed by atoms with E-state index in [1.165, 1.54) is 6.07 Å². The number of benzene rings is 1. The molecule has 1 rings (SSSR count). The lowest BCUT2D eigenvalue weighted by Gasteiger charge is -1.93. The van der Waals surface area contributed by atoms with Crippen molar-refractivity contribution in [3.63, 3.8) is 0 Å². The molecule has 0 radical (unpaired) electrons. The zero-order valence-electron chi connectivity index (χ0n) is 7.12. The summed E-state index contributed by atoms with van der Waals surface area (Å²) in [5.41, 5.74) is 0.254. The van der Waals surface area contributed by atoms with Gasteiger partial charge in [-0.05, 0) is 12.1 Å². The summed E-state index contributed by atoms with van der Waals surface area (Å²) in [5, 5.41) is 27.7. The van der Waals surface area contributed by atoms with Gasteiger partial charge in [-0.3, -0.25) is 0 Å². The van der Waals surface area contributed by atoms with E-state index in [0.717, 1.165) is 0 Å². The third kappa shape index (κ3) is 2.28. The van der Waals surface area contributed by atoms with Gasteiger partial charge in [0, 0.05) is 0 Å². The lowest BCUT2D eigenvalue weighted by atomic mass is 10.3. The number of hydrazone groups is 1. The molecule has 0 aliphatic rings. The van der Waals surface area contributed by atoms with Crippen LogP contribution in [0.1, 0.15) is 0 Å². The van der Waals surface area contributed by atoms with E-state index in [0.29, 0.717) is 0 Å². The molecular weight excluding hydrogens is 182 g/mol. The highest BCUT2D eigenvalue weighted by atomic mass is 16.3. The number of nitriles is 1. The standard InChI is InChI=1S/C8H7N5O/c9-5-8(11-10)13-12-6-3-1-2-4-7(6)14/h1-4,14H,10H2. The van der Waals surface area contributed by atoms with E-state index in [-0.39, 0.29) is 17.3 Å². The average molecular weight is 189 g/mol. The Kier molecular flexibility index (Phi) is 3.15. The summed E-state index contributed by atoms with van der Waals surface area (Å²) in [5.74, 6) is 4.56. The summed E-state index contributed by atoms with van der Waals surface area (Å²) in [6.45, 7) is 0. The first-order chi connectivity index (χ1) is 6.77. The minimum absolute atomic E-state index is 0.0226. The number of phenols is 1. The molecule has 3 N–H and O–H groups in total. The number of phenolic OH excluding ortho intramolecular Hbond substituents is 1. The van der Waals surface area contributed by atoms with E-state index in [4.69, 9.17) is 11.1 Å². The Morgan fingerprint density at radius 2 is 2.14 bits per heavy atom. The van der Waals surface area contributed by atoms with Crippen molar-refractivity contribution >= 4 is 11.5 Å². The van der Waals surface area contributed by atoms with Crippen LogP contribution < -0.4 is 5.84 Å². The van der Waals surface area contributed by atoms with Gasteiger partial charge in [-0.2, -0.15) is 5.26 Å². The lowest BCUT2D eigenvalue weighted by molar-refractivity contribution is 0.476. The molecule has 0 unspecified atom stereocenters. The number of azo groups is 1. The summed E-state index contributed by atoms with van der Waals surface area (Å²) in [7, 11) is 0. The van der Waals surface area contributed by atoms with Gasteiger partial charge < -0.3 is 10.9 Å². The van der Waals surface area contributed by atoms with Gasteiger partial charge in [0.05, 0.1) is 0 Å². The Morgan fingerprint density at radius 1 is 1.43 bits per heavy atom. The Balaban J connectivity index is 2.90. The number of amidine groups is 1. The number of rotatable bonds is 1. The molecule has 1 aromatic rings. The van der Waals surface area contributed by atoms with Crippen LogP contribution in [-0.4, -0.2) is 10.9 Å². The number of nitrogens with two attached hydrogens (primary N) is 1. The highest BCUT2D eigenvalue weighted by Crippen LogP contribution is 2.24. The van der Waals surface area contributed by atoms with Gasteiger partial charge >= 0.3 is 0 Å². The van der Waals surface area contributed by atoms with Crippen LogP contribution in [0.15, 0.2) is 39.6 Å². The maximum Gasteiger partial charge on any atom is 0.269 e. The Bertz CT molecular complexity index is 418. The fourth-order valence-electron chi connectivity index (χ4n) is 0.727. The van der Waals surface area contributed by atoms with Crippen LogP contribution in [0.4, 0.5) is 5.69 Å². The smallest absolute Gasteiger partial charge is 0.269 e.